The summed E-state index contributed by atoms with van der Waals surface area (Å²) in [4.78, 5) is 2.94. The van der Waals surface area contributed by atoms with Gasteiger partial charge in [0.2, 0.25) is 0 Å². The molecule has 0 atom stereocenters. The van der Waals surface area contributed by atoms with E-state index in [9.17, 15) is 5.11 Å². The molecule has 60 valence electrons. The van der Waals surface area contributed by atoms with Crippen LogP contribution >= 0.6 is 12.2 Å². The molecule has 1 heterocycles. The second-order valence-corrected chi connectivity index (χ2v) is 2.93. The summed E-state index contributed by atoms with van der Waals surface area (Å²) in [5, 5.41) is 11.5. The molecule has 0 amide bonds. The van der Waals surface area contributed by atoms with E-state index in [1.807, 2.05) is 24.3 Å². The minimum Gasteiger partial charge on any atom is -0.863 e. The molecular formula is C9H6NNaOS. The van der Waals surface area contributed by atoms with E-state index in [1.54, 1.807) is 6.07 Å². The summed E-state index contributed by atoms with van der Waals surface area (Å²) >= 11 is 4.52. The molecule has 1 aromatic carbocycles. The number of hydrogen-bond acceptors (Lipinski definition) is 2. The van der Waals surface area contributed by atoms with Crippen LogP contribution in [0.25, 0.3) is 10.9 Å². The third-order valence-corrected chi connectivity index (χ3v) is 1.97. The van der Waals surface area contributed by atoms with Crippen LogP contribution in [0.15, 0.2) is 30.3 Å². The fourth-order valence-corrected chi connectivity index (χ4v) is 1.29. The van der Waals surface area contributed by atoms with Gasteiger partial charge in [-0.1, -0.05) is 30.4 Å². The average Bonchev–Trinajstić information content (AvgIpc) is 2.46. The third kappa shape index (κ3) is 2.11. The van der Waals surface area contributed by atoms with Crippen molar-refractivity contribution in [2.24, 2.45) is 0 Å². The summed E-state index contributed by atoms with van der Waals surface area (Å²) in [7, 11) is 0. The van der Waals surface area contributed by atoms with Gasteiger partial charge in [0, 0.05) is 11.2 Å². The Morgan fingerprint density at radius 3 is 2.62 bits per heavy atom. The smallest absolute Gasteiger partial charge is 0.863 e. The molecule has 2 aromatic rings. The minimum absolute atomic E-state index is 0. The Morgan fingerprint density at radius 1 is 1.31 bits per heavy atom. The SMILES string of the molecule is [Na+].[O-]C(=S)c1cc2ccccc2[nH]1. The topological polar surface area (TPSA) is 38.8 Å². The number of thiocarbonyl (C=S) groups is 1. The average molecular weight is 199 g/mol. The monoisotopic (exact) mass is 199 g/mol. The first-order valence-corrected chi connectivity index (χ1v) is 3.97. The maximum atomic E-state index is 10.8. The van der Waals surface area contributed by atoms with E-state index in [2.05, 4.69) is 17.2 Å². The number of H-pyrrole nitrogens is 1. The van der Waals surface area contributed by atoms with Crippen LogP contribution in [-0.4, -0.2) is 10.0 Å². The summed E-state index contributed by atoms with van der Waals surface area (Å²) < 4.78 is 0. The van der Waals surface area contributed by atoms with Crippen molar-refractivity contribution >= 4 is 28.2 Å². The minimum atomic E-state index is -0.341. The Balaban J connectivity index is 0.000000845. The standard InChI is InChI=1S/C9H7NOS.Na/c11-9(12)8-5-6-3-1-2-4-7(6)10-8;/h1-5,10H,(H,11,12);/q;+1/p-1. The number of hydrogen-bond donors (Lipinski definition) is 1. The van der Waals surface area contributed by atoms with Crippen LogP contribution in [0.1, 0.15) is 5.69 Å². The molecule has 0 aliphatic heterocycles. The Kier molecular flexibility index (Phi) is 3.50. The summed E-state index contributed by atoms with van der Waals surface area (Å²) in [6.07, 6.45) is 0. The maximum absolute atomic E-state index is 10.8. The molecule has 0 fully saturated rings. The van der Waals surface area contributed by atoms with Crippen molar-refractivity contribution in [1.82, 2.24) is 4.98 Å². The van der Waals surface area contributed by atoms with E-state index >= 15 is 0 Å². The molecule has 0 unspecified atom stereocenters. The third-order valence-electron chi connectivity index (χ3n) is 1.75. The number of aromatic amines is 1. The summed E-state index contributed by atoms with van der Waals surface area (Å²) in [5.74, 6) is 0. The van der Waals surface area contributed by atoms with Crippen LogP contribution in [0, 0.1) is 0 Å². The first-order valence-electron chi connectivity index (χ1n) is 3.56. The van der Waals surface area contributed by atoms with Gasteiger partial charge in [0.1, 0.15) is 0 Å². The molecular weight excluding hydrogens is 193 g/mol. The number of nitrogens with one attached hydrogen (secondary N) is 1. The molecule has 13 heavy (non-hydrogen) atoms. The molecule has 2 nitrogen and oxygen atoms in total. The van der Waals surface area contributed by atoms with E-state index in [0.29, 0.717) is 5.69 Å². The van der Waals surface area contributed by atoms with Gasteiger partial charge >= 0.3 is 29.6 Å². The Bertz CT molecular complexity index is 405. The van der Waals surface area contributed by atoms with Crippen molar-refractivity contribution in [2.75, 3.05) is 0 Å². The predicted molar refractivity (Wildman–Crippen MR) is 50.0 cm³/mol. The van der Waals surface area contributed by atoms with Crippen molar-refractivity contribution in [1.29, 1.82) is 0 Å². The fourth-order valence-electron chi connectivity index (χ4n) is 1.18. The van der Waals surface area contributed by atoms with E-state index in [4.69, 9.17) is 0 Å². The van der Waals surface area contributed by atoms with E-state index in [-0.39, 0.29) is 34.6 Å². The quantitative estimate of drug-likeness (QED) is 0.435. The van der Waals surface area contributed by atoms with Crippen molar-refractivity contribution in [3.8, 4) is 0 Å². The van der Waals surface area contributed by atoms with Gasteiger partial charge in [0.15, 0.2) is 0 Å². The zero-order valence-electron chi connectivity index (χ0n) is 7.20. The number of para-hydroxylation sites is 1. The van der Waals surface area contributed by atoms with Gasteiger partial charge in [-0.15, -0.1) is 0 Å². The number of fused-ring (bicyclic) bond motifs is 1. The van der Waals surface area contributed by atoms with E-state index < -0.39 is 0 Å². The van der Waals surface area contributed by atoms with Crippen LogP contribution in [0.5, 0.6) is 0 Å². The molecule has 0 bridgehead atoms. The van der Waals surface area contributed by atoms with Crippen molar-refractivity contribution in [2.45, 2.75) is 0 Å². The molecule has 2 rings (SSSR count). The molecule has 0 saturated heterocycles. The first kappa shape index (κ1) is 10.7. The molecule has 0 aliphatic carbocycles. The largest absolute Gasteiger partial charge is 1.00 e. The normalized spacial score (nSPS) is 9.54. The molecule has 0 saturated carbocycles. The van der Waals surface area contributed by atoms with Crippen LogP contribution in [0.3, 0.4) is 0 Å². The summed E-state index contributed by atoms with van der Waals surface area (Å²) in [6, 6.07) is 9.46. The first-order chi connectivity index (χ1) is 5.77. The van der Waals surface area contributed by atoms with Gasteiger partial charge in [-0.05, 0) is 22.6 Å². The van der Waals surface area contributed by atoms with Gasteiger partial charge in [-0.25, -0.2) is 0 Å². The van der Waals surface area contributed by atoms with Gasteiger partial charge in [-0.2, -0.15) is 0 Å². The zero-order chi connectivity index (χ0) is 8.55. The molecule has 1 N–H and O–H groups in total. The number of rotatable bonds is 1. The molecule has 0 aliphatic rings. The molecule has 0 radical (unpaired) electrons. The van der Waals surface area contributed by atoms with Gasteiger partial charge in [0.05, 0.1) is 0 Å². The maximum Gasteiger partial charge on any atom is 1.00 e. The second-order valence-electron chi connectivity index (χ2n) is 2.56. The summed E-state index contributed by atoms with van der Waals surface area (Å²) in [5.41, 5.74) is 1.44. The van der Waals surface area contributed by atoms with E-state index in [0.717, 1.165) is 10.9 Å². The van der Waals surface area contributed by atoms with Crippen molar-refractivity contribution < 1.29 is 34.7 Å². The molecule has 0 spiro atoms. The van der Waals surface area contributed by atoms with Crippen LogP contribution in [0.2, 0.25) is 0 Å². The second kappa shape index (κ2) is 4.24. The van der Waals surface area contributed by atoms with Crippen LogP contribution in [0.4, 0.5) is 0 Å². The fraction of sp³-hybridized carbons (Fsp3) is 0. The number of benzene rings is 1. The van der Waals surface area contributed by atoms with E-state index in [1.165, 1.54) is 0 Å². The van der Waals surface area contributed by atoms with Crippen molar-refractivity contribution in [3.05, 3.63) is 36.0 Å². The molecule has 4 heteroatoms. The van der Waals surface area contributed by atoms with Crippen LogP contribution < -0.4 is 34.7 Å². The Morgan fingerprint density at radius 2 is 2.00 bits per heavy atom. The Labute approximate surface area is 103 Å². The summed E-state index contributed by atoms with van der Waals surface area (Å²) in [6.45, 7) is 0. The predicted octanol–water partition coefficient (Wildman–Crippen LogP) is -1.79. The number of aromatic nitrogens is 1. The van der Waals surface area contributed by atoms with Crippen LogP contribution in [-0.2, 0) is 0 Å². The zero-order valence-corrected chi connectivity index (χ0v) is 10.0. The molecule has 1 aromatic heterocycles. The van der Waals surface area contributed by atoms with Gasteiger partial charge in [-0.3, -0.25) is 0 Å². The Hall–Kier alpha value is -0.350. The van der Waals surface area contributed by atoms with Gasteiger partial charge in [0.25, 0.3) is 0 Å². The van der Waals surface area contributed by atoms with Gasteiger partial charge < -0.3 is 10.1 Å². The van der Waals surface area contributed by atoms with Crippen molar-refractivity contribution in [3.63, 3.8) is 0 Å².